The van der Waals surface area contributed by atoms with Crippen LogP contribution in [0.3, 0.4) is 0 Å². The van der Waals surface area contributed by atoms with E-state index in [1.807, 2.05) is 36.4 Å². The van der Waals surface area contributed by atoms with Crippen molar-refractivity contribution in [3.8, 4) is 17.3 Å². The minimum atomic E-state index is -1.60. The van der Waals surface area contributed by atoms with E-state index >= 15 is 0 Å². The van der Waals surface area contributed by atoms with Crippen LogP contribution in [0.15, 0.2) is 42.6 Å². The highest BCUT2D eigenvalue weighted by molar-refractivity contribution is 6.70. The van der Waals surface area contributed by atoms with Gasteiger partial charge in [0.05, 0.1) is 11.4 Å². The van der Waals surface area contributed by atoms with Gasteiger partial charge in [0.1, 0.15) is 0 Å². The largest absolute Gasteiger partial charge is 0.531 e. The summed E-state index contributed by atoms with van der Waals surface area (Å²) in [6, 6.07) is 11.6. The number of pyridine rings is 2. The lowest BCUT2D eigenvalue weighted by atomic mass is 10.2. The summed E-state index contributed by atoms with van der Waals surface area (Å²) in [6.45, 7) is 6.42. The average molecular weight is 244 g/mol. The Balaban J connectivity index is 2.29. The molecule has 0 amide bonds. The van der Waals surface area contributed by atoms with Crippen molar-refractivity contribution in [2.75, 3.05) is 0 Å². The fourth-order valence-corrected chi connectivity index (χ4v) is 2.18. The van der Waals surface area contributed by atoms with E-state index in [1.54, 1.807) is 6.20 Å². The van der Waals surface area contributed by atoms with Crippen molar-refractivity contribution in [2.24, 2.45) is 0 Å². The third-order valence-corrected chi connectivity index (χ3v) is 2.88. The van der Waals surface area contributed by atoms with Crippen molar-refractivity contribution in [3.63, 3.8) is 0 Å². The van der Waals surface area contributed by atoms with Crippen molar-refractivity contribution >= 4 is 8.32 Å². The molecule has 0 bridgehead atoms. The molecule has 2 rings (SSSR count). The number of hydrogen-bond donors (Lipinski definition) is 0. The zero-order valence-electron chi connectivity index (χ0n) is 10.3. The lowest BCUT2D eigenvalue weighted by Crippen LogP contribution is -2.29. The van der Waals surface area contributed by atoms with Gasteiger partial charge in [-0.2, -0.15) is 0 Å². The Morgan fingerprint density at radius 2 is 1.71 bits per heavy atom. The van der Waals surface area contributed by atoms with E-state index in [1.165, 1.54) is 0 Å². The van der Waals surface area contributed by atoms with Gasteiger partial charge in [-0.05, 0) is 43.9 Å². The fourth-order valence-electron chi connectivity index (χ4n) is 1.44. The van der Waals surface area contributed by atoms with Crippen LogP contribution in [0.1, 0.15) is 0 Å². The third kappa shape index (κ3) is 3.39. The van der Waals surface area contributed by atoms with Crippen LogP contribution in [0.25, 0.3) is 11.4 Å². The first-order valence-corrected chi connectivity index (χ1v) is 9.03. The van der Waals surface area contributed by atoms with Gasteiger partial charge in [-0.15, -0.1) is 0 Å². The third-order valence-electron chi connectivity index (χ3n) is 2.06. The van der Waals surface area contributed by atoms with Crippen LogP contribution in [0.5, 0.6) is 5.88 Å². The molecule has 0 spiro atoms. The van der Waals surface area contributed by atoms with Gasteiger partial charge in [-0.25, -0.2) is 4.98 Å². The minimum absolute atomic E-state index is 0.687. The van der Waals surface area contributed by atoms with Crippen LogP contribution in [0.4, 0.5) is 0 Å². The standard InChI is InChI=1S/C13H16N2OSi/c1-17(2,3)16-13-9-6-8-12(15-13)11-7-4-5-10-14-11/h4-10H,1-3H3. The minimum Gasteiger partial charge on any atom is -0.531 e. The molecule has 0 aliphatic rings. The Labute approximate surface area is 103 Å². The topological polar surface area (TPSA) is 35.0 Å². The summed E-state index contributed by atoms with van der Waals surface area (Å²) in [5, 5.41) is 0. The average Bonchev–Trinajstić information content (AvgIpc) is 2.28. The van der Waals surface area contributed by atoms with Crippen LogP contribution in [0.2, 0.25) is 19.6 Å². The lowest BCUT2D eigenvalue weighted by molar-refractivity contribution is 0.535. The second-order valence-electron chi connectivity index (χ2n) is 4.79. The Morgan fingerprint density at radius 1 is 0.941 bits per heavy atom. The first-order valence-electron chi connectivity index (χ1n) is 5.62. The van der Waals surface area contributed by atoms with Gasteiger partial charge >= 0.3 is 0 Å². The summed E-state index contributed by atoms with van der Waals surface area (Å²) in [4.78, 5) is 8.76. The molecule has 0 saturated heterocycles. The van der Waals surface area contributed by atoms with Crippen molar-refractivity contribution in [1.29, 1.82) is 0 Å². The van der Waals surface area contributed by atoms with Crippen molar-refractivity contribution in [1.82, 2.24) is 9.97 Å². The first-order chi connectivity index (χ1) is 8.04. The van der Waals surface area contributed by atoms with Gasteiger partial charge in [-0.1, -0.05) is 12.1 Å². The van der Waals surface area contributed by atoms with Crippen LogP contribution in [-0.4, -0.2) is 18.3 Å². The van der Waals surface area contributed by atoms with E-state index in [9.17, 15) is 0 Å². The molecule has 2 heterocycles. The molecule has 0 unspecified atom stereocenters. The van der Waals surface area contributed by atoms with Crippen molar-refractivity contribution < 1.29 is 4.43 Å². The van der Waals surface area contributed by atoms with Crippen LogP contribution < -0.4 is 4.43 Å². The van der Waals surface area contributed by atoms with Gasteiger partial charge in [-0.3, -0.25) is 4.98 Å². The second kappa shape index (κ2) is 4.67. The molecule has 17 heavy (non-hydrogen) atoms. The molecule has 0 aromatic carbocycles. The van der Waals surface area contributed by atoms with Gasteiger partial charge in [0, 0.05) is 6.20 Å². The molecule has 0 fully saturated rings. The molecule has 0 saturated carbocycles. The van der Waals surface area contributed by atoms with E-state index in [2.05, 4.69) is 29.6 Å². The van der Waals surface area contributed by atoms with E-state index in [0.717, 1.165) is 11.4 Å². The molecular formula is C13H16N2OSi. The molecule has 0 atom stereocenters. The SMILES string of the molecule is C[Si](C)(C)Oc1cccc(-c2ccccn2)n1. The molecule has 4 heteroatoms. The summed E-state index contributed by atoms with van der Waals surface area (Å²) in [7, 11) is -1.60. The zero-order valence-corrected chi connectivity index (χ0v) is 11.3. The van der Waals surface area contributed by atoms with Crippen LogP contribution >= 0.6 is 0 Å². The van der Waals surface area contributed by atoms with E-state index in [0.29, 0.717) is 5.88 Å². The van der Waals surface area contributed by atoms with Gasteiger partial charge in [0.25, 0.3) is 0 Å². The molecule has 88 valence electrons. The fraction of sp³-hybridized carbons (Fsp3) is 0.231. The molecule has 3 nitrogen and oxygen atoms in total. The zero-order chi connectivity index (χ0) is 12.3. The second-order valence-corrected chi connectivity index (χ2v) is 9.22. The molecule has 0 N–H and O–H groups in total. The van der Waals surface area contributed by atoms with E-state index in [4.69, 9.17) is 4.43 Å². The highest BCUT2D eigenvalue weighted by Crippen LogP contribution is 2.19. The molecule has 0 aliphatic carbocycles. The van der Waals surface area contributed by atoms with Crippen molar-refractivity contribution in [3.05, 3.63) is 42.6 Å². The van der Waals surface area contributed by atoms with Crippen LogP contribution in [-0.2, 0) is 0 Å². The number of rotatable bonds is 3. The van der Waals surface area contributed by atoms with Gasteiger partial charge in [0.2, 0.25) is 8.32 Å². The lowest BCUT2D eigenvalue weighted by Gasteiger charge is -2.18. The molecule has 2 aromatic rings. The predicted octanol–water partition coefficient (Wildman–Crippen LogP) is 3.36. The molecule has 2 aromatic heterocycles. The smallest absolute Gasteiger partial charge is 0.244 e. The number of nitrogens with zero attached hydrogens (tertiary/aromatic N) is 2. The van der Waals surface area contributed by atoms with Gasteiger partial charge < -0.3 is 4.43 Å². The maximum Gasteiger partial charge on any atom is 0.244 e. The normalized spacial score (nSPS) is 11.2. The van der Waals surface area contributed by atoms with E-state index in [-0.39, 0.29) is 0 Å². The molecular weight excluding hydrogens is 228 g/mol. The Kier molecular flexibility index (Phi) is 3.24. The quantitative estimate of drug-likeness (QED) is 0.777. The summed E-state index contributed by atoms with van der Waals surface area (Å²) in [5.74, 6) is 0.687. The monoisotopic (exact) mass is 244 g/mol. The number of hydrogen-bond acceptors (Lipinski definition) is 3. The maximum atomic E-state index is 5.86. The van der Waals surface area contributed by atoms with Gasteiger partial charge in [0.15, 0.2) is 5.88 Å². The summed E-state index contributed by atoms with van der Waals surface area (Å²) < 4.78 is 5.86. The first kappa shape index (κ1) is 11.8. The summed E-state index contributed by atoms with van der Waals surface area (Å²) in [6.07, 6.45) is 1.77. The highest BCUT2D eigenvalue weighted by atomic mass is 28.4. The maximum absolute atomic E-state index is 5.86. The van der Waals surface area contributed by atoms with Crippen molar-refractivity contribution in [2.45, 2.75) is 19.6 Å². The predicted molar refractivity (Wildman–Crippen MR) is 71.4 cm³/mol. The van der Waals surface area contributed by atoms with Crippen LogP contribution in [0, 0.1) is 0 Å². The Hall–Kier alpha value is -1.68. The summed E-state index contributed by atoms with van der Waals surface area (Å²) >= 11 is 0. The van der Waals surface area contributed by atoms with E-state index < -0.39 is 8.32 Å². The molecule has 0 radical (unpaired) electrons. The number of aromatic nitrogens is 2. The molecule has 0 aliphatic heterocycles. The Morgan fingerprint density at radius 3 is 2.35 bits per heavy atom. The highest BCUT2D eigenvalue weighted by Gasteiger charge is 2.17. The Bertz CT molecular complexity index is 494. The summed E-state index contributed by atoms with van der Waals surface area (Å²) in [5.41, 5.74) is 1.72.